The van der Waals surface area contributed by atoms with Crippen LogP contribution in [0.15, 0.2) is 29.4 Å². The predicted octanol–water partition coefficient (Wildman–Crippen LogP) is 2.85. The van der Waals surface area contributed by atoms with Crippen LogP contribution in [0.1, 0.15) is 38.1 Å². The third-order valence-corrected chi connectivity index (χ3v) is 2.76. The first-order valence-corrected chi connectivity index (χ1v) is 5.84. The molecule has 1 N–H and O–H groups in total. The van der Waals surface area contributed by atoms with Gasteiger partial charge in [0.2, 0.25) is 0 Å². The largest absolute Gasteiger partial charge is 0.497 e. The molecule has 0 aromatic heterocycles. The summed E-state index contributed by atoms with van der Waals surface area (Å²) in [6, 6.07) is 6.90. The monoisotopic (exact) mass is 248 g/mol. The van der Waals surface area contributed by atoms with Crippen molar-refractivity contribution in [1.29, 1.82) is 0 Å². The van der Waals surface area contributed by atoms with Crippen LogP contribution >= 0.6 is 0 Å². The second kappa shape index (κ2) is 5.67. The lowest BCUT2D eigenvalue weighted by Gasteiger charge is -2.17. The van der Waals surface area contributed by atoms with Crippen molar-refractivity contribution in [2.75, 3.05) is 7.11 Å². The van der Waals surface area contributed by atoms with Gasteiger partial charge in [0.05, 0.1) is 7.11 Å². The molecule has 0 saturated heterocycles. The number of carbonyl (C=O) groups excluding carboxylic acids is 1. The van der Waals surface area contributed by atoms with E-state index in [4.69, 9.17) is 4.74 Å². The second-order valence-electron chi connectivity index (χ2n) is 5.12. The maximum absolute atomic E-state index is 11.8. The number of rotatable bonds is 3. The highest BCUT2D eigenvalue weighted by Crippen LogP contribution is 2.15. The summed E-state index contributed by atoms with van der Waals surface area (Å²) >= 11 is 0. The zero-order valence-corrected chi connectivity index (χ0v) is 11.6. The molecule has 0 bridgehead atoms. The number of hydrogen-bond acceptors (Lipinski definition) is 3. The van der Waals surface area contributed by atoms with Gasteiger partial charge in [0, 0.05) is 16.7 Å². The van der Waals surface area contributed by atoms with Crippen molar-refractivity contribution in [3.8, 4) is 5.75 Å². The highest BCUT2D eigenvalue weighted by molar-refractivity contribution is 5.95. The Morgan fingerprint density at radius 1 is 1.22 bits per heavy atom. The number of ether oxygens (including phenoxy) is 1. The minimum absolute atomic E-state index is 0.0484. The highest BCUT2D eigenvalue weighted by Gasteiger charge is 2.14. The Bertz CT molecular complexity index is 442. The van der Waals surface area contributed by atoms with Crippen molar-refractivity contribution >= 4 is 11.6 Å². The van der Waals surface area contributed by atoms with Crippen LogP contribution in [0.2, 0.25) is 0 Å². The minimum atomic E-state index is -0.221. The molecular weight excluding hydrogens is 228 g/mol. The zero-order valence-electron chi connectivity index (χ0n) is 11.6. The summed E-state index contributed by atoms with van der Waals surface area (Å²) in [6.45, 7) is 8.04. The first-order chi connectivity index (χ1) is 8.34. The smallest absolute Gasteiger partial charge is 0.271 e. The maximum Gasteiger partial charge on any atom is 0.271 e. The van der Waals surface area contributed by atoms with Crippen LogP contribution in [-0.2, 0) is 0 Å². The van der Waals surface area contributed by atoms with E-state index in [0.29, 0.717) is 5.56 Å². The Morgan fingerprint density at radius 2 is 1.78 bits per heavy atom. The van der Waals surface area contributed by atoms with Crippen LogP contribution in [0.25, 0.3) is 0 Å². The van der Waals surface area contributed by atoms with Gasteiger partial charge in [-0.15, -0.1) is 0 Å². The molecule has 1 amide bonds. The summed E-state index contributed by atoms with van der Waals surface area (Å²) in [6.07, 6.45) is 0. The van der Waals surface area contributed by atoms with Gasteiger partial charge in [0.1, 0.15) is 5.75 Å². The van der Waals surface area contributed by atoms with Crippen LogP contribution in [-0.4, -0.2) is 18.7 Å². The molecule has 0 aliphatic carbocycles. The Labute approximate surface area is 108 Å². The van der Waals surface area contributed by atoms with Gasteiger partial charge in [-0.3, -0.25) is 4.79 Å². The fraction of sp³-hybridized carbons (Fsp3) is 0.429. The van der Waals surface area contributed by atoms with Gasteiger partial charge in [0.25, 0.3) is 5.91 Å². The minimum Gasteiger partial charge on any atom is -0.497 e. The molecule has 1 aromatic rings. The first-order valence-electron chi connectivity index (χ1n) is 5.84. The first kappa shape index (κ1) is 14.2. The molecule has 0 radical (unpaired) electrons. The summed E-state index contributed by atoms with van der Waals surface area (Å²) < 4.78 is 5.03. The van der Waals surface area contributed by atoms with E-state index >= 15 is 0 Å². The molecular formula is C14H20N2O2. The predicted molar refractivity (Wildman–Crippen MR) is 73.0 cm³/mol. The Hall–Kier alpha value is -1.84. The normalized spacial score (nSPS) is 12.2. The molecule has 98 valence electrons. The molecule has 0 unspecified atom stereocenters. The van der Waals surface area contributed by atoms with Gasteiger partial charge >= 0.3 is 0 Å². The van der Waals surface area contributed by atoms with Crippen molar-refractivity contribution in [3.63, 3.8) is 0 Å². The summed E-state index contributed by atoms with van der Waals surface area (Å²) in [4.78, 5) is 11.8. The molecule has 0 saturated carbocycles. The summed E-state index contributed by atoms with van der Waals surface area (Å²) in [5, 5.41) is 4.10. The van der Waals surface area contributed by atoms with Gasteiger partial charge in [-0.25, -0.2) is 5.43 Å². The molecule has 0 heterocycles. The topological polar surface area (TPSA) is 50.7 Å². The van der Waals surface area contributed by atoms with E-state index in [2.05, 4.69) is 10.5 Å². The van der Waals surface area contributed by atoms with Crippen molar-refractivity contribution < 1.29 is 9.53 Å². The summed E-state index contributed by atoms with van der Waals surface area (Å²) in [5.74, 6) is 0.502. The Morgan fingerprint density at radius 3 is 2.22 bits per heavy atom. The molecule has 0 aliphatic rings. The number of carbonyl (C=O) groups is 1. The van der Waals surface area contributed by atoms with E-state index in [1.807, 2.05) is 27.7 Å². The van der Waals surface area contributed by atoms with E-state index in [1.165, 1.54) is 0 Å². The van der Waals surface area contributed by atoms with E-state index in [9.17, 15) is 4.79 Å². The van der Waals surface area contributed by atoms with Gasteiger partial charge in [-0.05, 0) is 31.2 Å². The highest BCUT2D eigenvalue weighted by atomic mass is 16.5. The molecule has 4 heteroatoms. The second-order valence-corrected chi connectivity index (χ2v) is 5.12. The van der Waals surface area contributed by atoms with Crippen LogP contribution < -0.4 is 10.2 Å². The summed E-state index contributed by atoms with van der Waals surface area (Å²) in [5.41, 5.74) is 3.94. The SMILES string of the molecule is COc1ccc(C(=O)N/N=C(/C)C(C)(C)C)cc1. The number of benzene rings is 1. The molecule has 1 rings (SSSR count). The fourth-order valence-corrected chi connectivity index (χ4v) is 1.11. The molecule has 0 aliphatic heterocycles. The van der Waals surface area contributed by atoms with Crippen molar-refractivity contribution in [2.45, 2.75) is 27.7 Å². The average molecular weight is 248 g/mol. The fourth-order valence-electron chi connectivity index (χ4n) is 1.11. The van der Waals surface area contributed by atoms with Gasteiger partial charge in [-0.1, -0.05) is 20.8 Å². The van der Waals surface area contributed by atoms with Crippen LogP contribution in [0.4, 0.5) is 0 Å². The van der Waals surface area contributed by atoms with Crippen molar-refractivity contribution in [1.82, 2.24) is 5.43 Å². The standard InChI is InChI=1S/C14H20N2O2/c1-10(14(2,3)4)15-16-13(17)11-6-8-12(18-5)9-7-11/h6-9H,1-5H3,(H,16,17)/b15-10-. The number of hydrazone groups is 1. The molecule has 1 aromatic carbocycles. The van der Waals surface area contributed by atoms with Gasteiger partial charge in [0.15, 0.2) is 0 Å². The number of amides is 1. The van der Waals surface area contributed by atoms with Crippen LogP contribution in [0, 0.1) is 5.41 Å². The van der Waals surface area contributed by atoms with E-state index in [1.54, 1.807) is 31.4 Å². The van der Waals surface area contributed by atoms with E-state index < -0.39 is 0 Å². The molecule has 0 spiro atoms. The lowest BCUT2D eigenvalue weighted by atomic mass is 9.91. The van der Waals surface area contributed by atoms with Gasteiger partial charge in [-0.2, -0.15) is 5.10 Å². The van der Waals surface area contributed by atoms with Crippen molar-refractivity contribution in [2.24, 2.45) is 10.5 Å². The number of hydrogen-bond donors (Lipinski definition) is 1. The molecule has 0 fully saturated rings. The lowest BCUT2D eigenvalue weighted by Crippen LogP contribution is -2.24. The quantitative estimate of drug-likeness (QED) is 0.660. The van der Waals surface area contributed by atoms with E-state index in [0.717, 1.165) is 11.5 Å². The Balaban J connectivity index is 2.71. The average Bonchev–Trinajstić information content (AvgIpc) is 2.34. The maximum atomic E-state index is 11.8. The molecule has 18 heavy (non-hydrogen) atoms. The molecule has 4 nitrogen and oxygen atoms in total. The molecule has 0 atom stereocenters. The third-order valence-electron chi connectivity index (χ3n) is 2.76. The Kier molecular flexibility index (Phi) is 4.48. The van der Waals surface area contributed by atoms with Gasteiger partial charge < -0.3 is 4.74 Å². The van der Waals surface area contributed by atoms with Crippen LogP contribution in [0.3, 0.4) is 0 Å². The van der Waals surface area contributed by atoms with E-state index in [-0.39, 0.29) is 11.3 Å². The summed E-state index contributed by atoms with van der Waals surface area (Å²) in [7, 11) is 1.59. The number of nitrogens with one attached hydrogen (secondary N) is 1. The lowest BCUT2D eigenvalue weighted by molar-refractivity contribution is 0.0954. The third kappa shape index (κ3) is 3.87. The number of nitrogens with zero attached hydrogens (tertiary/aromatic N) is 1. The zero-order chi connectivity index (χ0) is 13.8. The van der Waals surface area contributed by atoms with Crippen LogP contribution in [0.5, 0.6) is 5.75 Å². The number of methoxy groups -OCH3 is 1. The van der Waals surface area contributed by atoms with Crippen molar-refractivity contribution in [3.05, 3.63) is 29.8 Å².